The van der Waals surface area contributed by atoms with E-state index in [9.17, 15) is 5.11 Å². The number of aryl methyl sites for hydroxylation is 2. The van der Waals surface area contributed by atoms with Gasteiger partial charge >= 0.3 is 0 Å². The van der Waals surface area contributed by atoms with Crippen LogP contribution in [0.5, 0.6) is 0 Å². The number of rotatable bonds is 4. The standard InChI is InChI=1S/C13H19ClN6O/c1-10-11(12(14)18(2)16-10)7-19-5-3-13(21,8-19)9-20-6-4-15-17-20/h4,6,21H,3,5,7-9H2,1-2H3. The Hall–Kier alpha value is -1.44. The maximum atomic E-state index is 10.7. The summed E-state index contributed by atoms with van der Waals surface area (Å²) in [5.74, 6) is 0. The van der Waals surface area contributed by atoms with Crippen molar-refractivity contribution in [2.75, 3.05) is 13.1 Å². The number of aromatic nitrogens is 5. The summed E-state index contributed by atoms with van der Waals surface area (Å²) < 4.78 is 3.36. The van der Waals surface area contributed by atoms with E-state index in [1.54, 1.807) is 21.8 Å². The number of hydrogen-bond donors (Lipinski definition) is 1. The summed E-state index contributed by atoms with van der Waals surface area (Å²) in [4.78, 5) is 2.20. The van der Waals surface area contributed by atoms with Crippen LogP contribution in [0.4, 0.5) is 0 Å². The van der Waals surface area contributed by atoms with Gasteiger partial charge in [0.25, 0.3) is 0 Å². The number of halogens is 1. The van der Waals surface area contributed by atoms with Crippen molar-refractivity contribution in [2.24, 2.45) is 7.05 Å². The normalized spacial score (nSPS) is 23.0. The van der Waals surface area contributed by atoms with Crippen molar-refractivity contribution < 1.29 is 5.11 Å². The van der Waals surface area contributed by atoms with Gasteiger partial charge in [-0.05, 0) is 13.3 Å². The monoisotopic (exact) mass is 310 g/mol. The topological polar surface area (TPSA) is 72.0 Å². The van der Waals surface area contributed by atoms with E-state index in [1.165, 1.54) is 0 Å². The molecular formula is C13H19ClN6O. The number of nitrogens with zero attached hydrogens (tertiary/aromatic N) is 6. The van der Waals surface area contributed by atoms with Crippen LogP contribution in [0.3, 0.4) is 0 Å². The van der Waals surface area contributed by atoms with Crippen LogP contribution in [0, 0.1) is 6.92 Å². The third-order valence-electron chi connectivity index (χ3n) is 3.99. The second-order valence-corrected chi connectivity index (χ2v) is 6.12. The van der Waals surface area contributed by atoms with Crippen molar-refractivity contribution in [1.29, 1.82) is 0 Å². The quantitative estimate of drug-likeness (QED) is 0.896. The van der Waals surface area contributed by atoms with E-state index in [2.05, 4.69) is 20.3 Å². The summed E-state index contributed by atoms with van der Waals surface area (Å²) >= 11 is 6.27. The van der Waals surface area contributed by atoms with E-state index in [0.29, 0.717) is 31.2 Å². The smallest absolute Gasteiger partial charge is 0.131 e. The fourth-order valence-corrected chi connectivity index (χ4v) is 3.13. The van der Waals surface area contributed by atoms with Crippen LogP contribution in [0.15, 0.2) is 12.4 Å². The first-order chi connectivity index (χ1) is 9.97. The van der Waals surface area contributed by atoms with Gasteiger partial charge in [0, 0.05) is 38.4 Å². The van der Waals surface area contributed by atoms with Gasteiger partial charge in [-0.2, -0.15) is 5.10 Å². The largest absolute Gasteiger partial charge is 0.387 e. The highest BCUT2D eigenvalue weighted by atomic mass is 35.5. The molecule has 0 aliphatic carbocycles. The van der Waals surface area contributed by atoms with Gasteiger partial charge in [-0.15, -0.1) is 5.10 Å². The highest BCUT2D eigenvalue weighted by Crippen LogP contribution is 2.27. The zero-order valence-electron chi connectivity index (χ0n) is 12.2. The number of β-amino-alcohol motifs (C(OH)–C–C–N with tert-alkyl or cyclic N) is 1. The third kappa shape index (κ3) is 2.95. The van der Waals surface area contributed by atoms with Crippen LogP contribution in [0.1, 0.15) is 17.7 Å². The van der Waals surface area contributed by atoms with E-state index in [-0.39, 0.29) is 0 Å². The summed E-state index contributed by atoms with van der Waals surface area (Å²) in [5.41, 5.74) is 1.20. The minimum Gasteiger partial charge on any atom is -0.387 e. The molecule has 8 heteroatoms. The molecule has 0 aromatic carbocycles. The molecule has 3 rings (SSSR count). The fraction of sp³-hybridized carbons (Fsp3) is 0.615. The summed E-state index contributed by atoms with van der Waals surface area (Å²) in [5, 5.41) is 23.3. The Morgan fingerprint density at radius 3 is 2.90 bits per heavy atom. The minimum atomic E-state index is -0.768. The summed E-state index contributed by atoms with van der Waals surface area (Å²) in [6, 6.07) is 0. The van der Waals surface area contributed by atoms with Crippen LogP contribution < -0.4 is 0 Å². The van der Waals surface area contributed by atoms with Crippen molar-refractivity contribution in [3.05, 3.63) is 28.8 Å². The van der Waals surface area contributed by atoms with Crippen molar-refractivity contribution >= 4 is 11.6 Å². The van der Waals surface area contributed by atoms with Crippen molar-refractivity contribution in [3.8, 4) is 0 Å². The molecule has 1 atom stereocenters. The van der Waals surface area contributed by atoms with E-state index < -0.39 is 5.60 Å². The van der Waals surface area contributed by atoms with Gasteiger partial charge in [-0.1, -0.05) is 16.8 Å². The van der Waals surface area contributed by atoms with Crippen LogP contribution in [0.25, 0.3) is 0 Å². The molecule has 21 heavy (non-hydrogen) atoms. The number of aliphatic hydroxyl groups is 1. The average Bonchev–Trinajstić information content (AvgIpc) is 3.10. The lowest BCUT2D eigenvalue weighted by atomic mass is 10.0. The first-order valence-corrected chi connectivity index (χ1v) is 7.31. The van der Waals surface area contributed by atoms with Crippen LogP contribution >= 0.6 is 11.6 Å². The lowest BCUT2D eigenvalue weighted by molar-refractivity contribution is 0.0274. The molecule has 0 bridgehead atoms. The summed E-state index contributed by atoms with van der Waals surface area (Å²) in [7, 11) is 1.84. The lowest BCUT2D eigenvalue weighted by Crippen LogP contribution is -2.37. The van der Waals surface area contributed by atoms with Gasteiger partial charge in [0.1, 0.15) is 5.15 Å². The zero-order valence-corrected chi connectivity index (χ0v) is 13.0. The molecule has 1 N–H and O–H groups in total. The Morgan fingerprint density at radius 1 is 1.48 bits per heavy atom. The van der Waals surface area contributed by atoms with E-state index >= 15 is 0 Å². The van der Waals surface area contributed by atoms with E-state index in [0.717, 1.165) is 17.8 Å². The maximum Gasteiger partial charge on any atom is 0.131 e. The van der Waals surface area contributed by atoms with Crippen LogP contribution in [0.2, 0.25) is 5.15 Å². The molecule has 1 saturated heterocycles. The van der Waals surface area contributed by atoms with Crippen LogP contribution in [-0.4, -0.2) is 53.5 Å². The molecule has 0 spiro atoms. The number of likely N-dealkylation sites (tertiary alicyclic amines) is 1. The summed E-state index contributed by atoms with van der Waals surface area (Å²) in [6.45, 7) is 4.55. The average molecular weight is 311 g/mol. The zero-order chi connectivity index (χ0) is 15.0. The molecule has 3 heterocycles. The lowest BCUT2D eigenvalue weighted by Gasteiger charge is -2.23. The Kier molecular flexibility index (Phi) is 3.73. The van der Waals surface area contributed by atoms with Gasteiger partial charge < -0.3 is 5.11 Å². The Balaban J connectivity index is 1.67. The van der Waals surface area contributed by atoms with Crippen molar-refractivity contribution in [1.82, 2.24) is 29.7 Å². The molecule has 2 aromatic rings. The molecule has 0 amide bonds. The molecule has 2 aromatic heterocycles. The second kappa shape index (κ2) is 5.40. The van der Waals surface area contributed by atoms with Crippen LogP contribution in [-0.2, 0) is 20.1 Å². The molecule has 1 unspecified atom stereocenters. The second-order valence-electron chi connectivity index (χ2n) is 5.76. The minimum absolute atomic E-state index is 0.462. The van der Waals surface area contributed by atoms with E-state index in [4.69, 9.17) is 11.6 Å². The first-order valence-electron chi connectivity index (χ1n) is 6.94. The molecule has 0 radical (unpaired) electrons. The Bertz CT molecular complexity index is 625. The Morgan fingerprint density at radius 2 is 2.29 bits per heavy atom. The van der Waals surface area contributed by atoms with Gasteiger partial charge in [-0.25, -0.2) is 4.68 Å². The predicted molar refractivity (Wildman–Crippen MR) is 77.8 cm³/mol. The van der Waals surface area contributed by atoms with Gasteiger partial charge in [0.05, 0.1) is 24.0 Å². The highest BCUT2D eigenvalue weighted by Gasteiger charge is 2.37. The molecule has 114 valence electrons. The Labute approximate surface area is 128 Å². The summed E-state index contributed by atoms with van der Waals surface area (Å²) in [6.07, 6.45) is 4.10. The van der Waals surface area contributed by atoms with Gasteiger partial charge in [0.15, 0.2) is 0 Å². The molecule has 0 saturated carbocycles. The fourth-order valence-electron chi connectivity index (χ4n) is 2.90. The van der Waals surface area contributed by atoms with Crippen molar-refractivity contribution in [2.45, 2.75) is 32.0 Å². The number of hydrogen-bond acceptors (Lipinski definition) is 5. The SMILES string of the molecule is Cc1nn(C)c(Cl)c1CN1CCC(O)(Cn2ccnn2)C1. The molecule has 1 aliphatic heterocycles. The highest BCUT2D eigenvalue weighted by molar-refractivity contribution is 6.30. The van der Waals surface area contributed by atoms with Gasteiger partial charge in [-0.3, -0.25) is 9.58 Å². The molecule has 1 aliphatic rings. The predicted octanol–water partition coefficient (Wildman–Crippen LogP) is 0.610. The molecule has 7 nitrogen and oxygen atoms in total. The first kappa shape index (κ1) is 14.5. The van der Waals surface area contributed by atoms with Gasteiger partial charge in [0.2, 0.25) is 0 Å². The molecular weight excluding hydrogens is 292 g/mol. The van der Waals surface area contributed by atoms with Crippen molar-refractivity contribution in [3.63, 3.8) is 0 Å². The maximum absolute atomic E-state index is 10.7. The van der Waals surface area contributed by atoms with E-state index in [1.807, 2.05) is 14.0 Å². The molecule has 1 fully saturated rings. The third-order valence-corrected chi connectivity index (χ3v) is 4.46.